The summed E-state index contributed by atoms with van der Waals surface area (Å²) in [6, 6.07) is 12.2. The van der Waals surface area contributed by atoms with Crippen molar-refractivity contribution in [2.24, 2.45) is 10.2 Å². The molecule has 1 N–H and O–H groups in total. The first-order valence-corrected chi connectivity index (χ1v) is 7.58. The molecule has 2 aromatic rings. The SMILES string of the molecule is C=C/C=C(\C=C)Nc1ccc2cc(N=N/C=C/CC)ccc2c1. The van der Waals surface area contributed by atoms with Gasteiger partial charge in [0.15, 0.2) is 0 Å². The summed E-state index contributed by atoms with van der Waals surface area (Å²) in [5.41, 5.74) is 2.76. The van der Waals surface area contributed by atoms with Gasteiger partial charge in [0.1, 0.15) is 0 Å². The lowest BCUT2D eigenvalue weighted by molar-refractivity contribution is 1.17. The normalized spacial score (nSPS) is 12.1. The van der Waals surface area contributed by atoms with Gasteiger partial charge >= 0.3 is 0 Å². The van der Waals surface area contributed by atoms with Gasteiger partial charge in [0.05, 0.1) is 5.69 Å². The summed E-state index contributed by atoms with van der Waals surface area (Å²) in [4.78, 5) is 0. The predicted molar refractivity (Wildman–Crippen MR) is 100.0 cm³/mol. The molecule has 0 aromatic heterocycles. The standard InChI is InChI=1S/C20H21N3/c1-4-7-13-21-23-20-12-10-16-14-19(11-9-17(16)15-20)22-18(6-3)8-5-2/h5-15,22H,2-4H2,1H3/b13-7+,18-8+,23-21?. The lowest BCUT2D eigenvalue weighted by atomic mass is 10.1. The van der Waals surface area contributed by atoms with Crippen LogP contribution in [-0.4, -0.2) is 0 Å². The van der Waals surface area contributed by atoms with Crippen molar-refractivity contribution in [1.82, 2.24) is 0 Å². The van der Waals surface area contributed by atoms with E-state index in [1.165, 1.54) is 0 Å². The molecule has 23 heavy (non-hydrogen) atoms. The molecular formula is C20H21N3. The molecule has 0 saturated heterocycles. The third-order valence-electron chi connectivity index (χ3n) is 3.21. The minimum absolute atomic E-state index is 0.845. The fourth-order valence-corrected chi connectivity index (χ4v) is 2.08. The van der Waals surface area contributed by atoms with Gasteiger partial charge < -0.3 is 5.32 Å². The third-order valence-corrected chi connectivity index (χ3v) is 3.21. The Bertz CT molecular complexity index is 783. The molecule has 0 aliphatic rings. The van der Waals surface area contributed by atoms with Gasteiger partial charge in [0.2, 0.25) is 0 Å². The van der Waals surface area contributed by atoms with Gasteiger partial charge in [-0.1, -0.05) is 44.4 Å². The van der Waals surface area contributed by atoms with Gasteiger partial charge in [-0.3, -0.25) is 0 Å². The number of rotatable bonds is 7. The lowest BCUT2D eigenvalue weighted by Crippen LogP contribution is -1.95. The number of hydrogen-bond acceptors (Lipinski definition) is 3. The van der Waals surface area contributed by atoms with Crippen LogP contribution in [0.5, 0.6) is 0 Å². The minimum atomic E-state index is 0.845. The Morgan fingerprint density at radius 1 is 1.13 bits per heavy atom. The molecule has 0 fully saturated rings. The molecule has 0 amide bonds. The first-order chi connectivity index (χ1) is 11.3. The Labute approximate surface area is 137 Å². The Kier molecular flexibility index (Phi) is 6.07. The van der Waals surface area contributed by atoms with E-state index in [1.807, 2.05) is 36.4 Å². The van der Waals surface area contributed by atoms with Gasteiger partial charge in [-0.2, -0.15) is 10.2 Å². The van der Waals surface area contributed by atoms with Gasteiger partial charge in [-0.15, -0.1) is 0 Å². The molecule has 3 heteroatoms. The Balaban J connectivity index is 2.23. The number of nitrogens with one attached hydrogen (secondary N) is 1. The van der Waals surface area contributed by atoms with Gasteiger partial charge in [-0.05, 0) is 53.6 Å². The van der Waals surface area contributed by atoms with Crippen molar-refractivity contribution in [3.05, 3.63) is 85.8 Å². The monoisotopic (exact) mass is 303 g/mol. The van der Waals surface area contributed by atoms with Gasteiger partial charge in [-0.25, -0.2) is 0 Å². The molecule has 0 heterocycles. The summed E-state index contributed by atoms with van der Waals surface area (Å²) < 4.78 is 0. The second-order valence-electron chi connectivity index (χ2n) is 4.94. The second kappa shape index (κ2) is 8.49. The number of hydrogen-bond donors (Lipinski definition) is 1. The number of allylic oxidation sites excluding steroid dienone is 4. The zero-order chi connectivity index (χ0) is 16.5. The van der Waals surface area contributed by atoms with Crippen LogP contribution in [0, 0.1) is 0 Å². The second-order valence-corrected chi connectivity index (χ2v) is 4.94. The van der Waals surface area contributed by atoms with E-state index in [1.54, 1.807) is 18.4 Å². The molecule has 0 bridgehead atoms. The Morgan fingerprint density at radius 2 is 1.91 bits per heavy atom. The number of anilines is 1. The Hall–Kier alpha value is -2.94. The van der Waals surface area contributed by atoms with Crippen LogP contribution < -0.4 is 5.32 Å². The highest BCUT2D eigenvalue weighted by Crippen LogP contribution is 2.25. The van der Waals surface area contributed by atoms with E-state index in [0.717, 1.165) is 34.3 Å². The van der Waals surface area contributed by atoms with Crippen LogP contribution in [0.4, 0.5) is 11.4 Å². The molecule has 3 nitrogen and oxygen atoms in total. The van der Waals surface area contributed by atoms with E-state index >= 15 is 0 Å². The maximum absolute atomic E-state index is 4.19. The molecule has 0 aliphatic heterocycles. The molecule has 0 saturated carbocycles. The van der Waals surface area contributed by atoms with Crippen LogP contribution in [-0.2, 0) is 0 Å². The topological polar surface area (TPSA) is 36.8 Å². The number of fused-ring (bicyclic) bond motifs is 1. The van der Waals surface area contributed by atoms with E-state index in [-0.39, 0.29) is 0 Å². The summed E-state index contributed by atoms with van der Waals surface area (Å²) in [5.74, 6) is 0. The van der Waals surface area contributed by atoms with Crippen LogP contribution in [0.1, 0.15) is 13.3 Å². The van der Waals surface area contributed by atoms with Crippen molar-refractivity contribution in [2.45, 2.75) is 13.3 Å². The van der Waals surface area contributed by atoms with Crippen molar-refractivity contribution in [2.75, 3.05) is 5.32 Å². The van der Waals surface area contributed by atoms with Crippen molar-refractivity contribution in [3.63, 3.8) is 0 Å². The maximum atomic E-state index is 4.19. The first kappa shape index (κ1) is 16.4. The van der Waals surface area contributed by atoms with Gasteiger partial charge in [0.25, 0.3) is 0 Å². The van der Waals surface area contributed by atoms with Crippen LogP contribution in [0.2, 0.25) is 0 Å². The highest BCUT2D eigenvalue weighted by molar-refractivity contribution is 5.88. The van der Waals surface area contributed by atoms with Crippen molar-refractivity contribution < 1.29 is 0 Å². The highest BCUT2D eigenvalue weighted by atomic mass is 15.1. The van der Waals surface area contributed by atoms with Crippen LogP contribution in [0.15, 0.2) is 96.0 Å². The predicted octanol–water partition coefficient (Wildman–Crippen LogP) is 6.52. The van der Waals surface area contributed by atoms with E-state index in [9.17, 15) is 0 Å². The molecule has 0 aliphatic carbocycles. The summed E-state index contributed by atoms with van der Waals surface area (Å²) in [6.45, 7) is 9.55. The van der Waals surface area contributed by atoms with E-state index in [2.05, 4.69) is 47.8 Å². The number of benzene rings is 2. The van der Waals surface area contributed by atoms with Crippen molar-refractivity contribution in [3.8, 4) is 0 Å². The fourth-order valence-electron chi connectivity index (χ4n) is 2.08. The van der Waals surface area contributed by atoms with E-state index < -0.39 is 0 Å². The molecule has 0 atom stereocenters. The van der Waals surface area contributed by atoms with Crippen LogP contribution >= 0.6 is 0 Å². The zero-order valence-corrected chi connectivity index (χ0v) is 13.4. The summed E-state index contributed by atoms with van der Waals surface area (Å²) in [7, 11) is 0. The quantitative estimate of drug-likeness (QED) is 0.459. The van der Waals surface area contributed by atoms with Crippen molar-refractivity contribution >= 4 is 22.1 Å². The molecule has 2 aromatic carbocycles. The Morgan fingerprint density at radius 3 is 2.65 bits per heavy atom. The molecule has 2 rings (SSSR count). The smallest absolute Gasteiger partial charge is 0.0863 e. The van der Waals surface area contributed by atoms with Crippen molar-refractivity contribution in [1.29, 1.82) is 0 Å². The molecule has 0 unspecified atom stereocenters. The average Bonchev–Trinajstić information content (AvgIpc) is 2.58. The summed E-state index contributed by atoms with van der Waals surface area (Å²) in [5, 5.41) is 13.8. The maximum Gasteiger partial charge on any atom is 0.0863 e. The van der Waals surface area contributed by atoms with Crippen LogP contribution in [0.3, 0.4) is 0 Å². The van der Waals surface area contributed by atoms with Crippen LogP contribution in [0.25, 0.3) is 10.8 Å². The first-order valence-electron chi connectivity index (χ1n) is 7.58. The summed E-state index contributed by atoms with van der Waals surface area (Å²) >= 11 is 0. The molecule has 0 radical (unpaired) electrons. The lowest BCUT2D eigenvalue weighted by Gasteiger charge is -2.08. The average molecular weight is 303 g/mol. The largest absolute Gasteiger partial charge is 0.356 e. The number of azo groups is 1. The molecule has 116 valence electrons. The molecule has 0 spiro atoms. The van der Waals surface area contributed by atoms with E-state index in [4.69, 9.17) is 0 Å². The summed E-state index contributed by atoms with van der Waals surface area (Å²) in [6.07, 6.45) is 10.0. The zero-order valence-electron chi connectivity index (χ0n) is 13.4. The number of nitrogens with zero attached hydrogens (tertiary/aromatic N) is 2. The minimum Gasteiger partial charge on any atom is -0.356 e. The third kappa shape index (κ3) is 4.78. The fraction of sp³-hybridized carbons (Fsp3) is 0.100. The van der Waals surface area contributed by atoms with E-state index in [0.29, 0.717) is 0 Å². The van der Waals surface area contributed by atoms with Gasteiger partial charge in [0, 0.05) is 17.6 Å². The highest BCUT2D eigenvalue weighted by Gasteiger charge is 1.99. The molecular weight excluding hydrogens is 282 g/mol.